The average Bonchev–Trinajstić information content (AvgIpc) is 2.72. The highest BCUT2D eigenvalue weighted by molar-refractivity contribution is 7.17. The fourth-order valence-corrected chi connectivity index (χ4v) is 2.60. The molecule has 0 nitrogen and oxygen atoms in total. The van der Waals surface area contributed by atoms with Crippen LogP contribution in [0.5, 0.6) is 0 Å². The molecular formula is C14H9FS. The van der Waals surface area contributed by atoms with Crippen LogP contribution in [0.2, 0.25) is 0 Å². The van der Waals surface area contributed by atoms with Gasteiger partial charge >= 0.3 is 0 Å². The van der Waals surface area contributed by atoms with Crippen LogP contribution in [0.15, 0.2) is 53.9 Å². The van der Waals surface area contributed by atoms with Crippen molar-refractivity contribution in [3.63, 3.8) is 0 Å². The molecule has 0 saturated heterocycles. The summed E-state index contributed by atoms with van der Waals surface area (Å²) in [6, 6.07) is 16.0. The summed E-state index contributed by atoms with van der Waals surface area (Å²) in [4.78, 5) is 0. The Balaban J connectivity index is 2.22. The van der Waals surface area contributed by atoms with E-state index in [0.29, 0.717) is 5.39 Å². The van der Waals surface area contributed by atoms with Gasteiger partial charge in [-0.3, -0.25) is 0 Å². The summed E-state index contributed by atoms with van der Waals surface area (Å²) in [5.41, 5.74) is 2.18. The Bertz CT molecular complexity index is 626. The molecule has 0 spiro atoms. The minimum atomic E-state index is -0.127. The molecule has 2 heteroatoms. The highest BCUT2D eigenvalue weighted by atomic mass is 32.1. The third-order valence-electron chi connectivity index (χ3n) is 2.63. The summed E-state index contributed by atoms with van der Waals surface area (Å²) in [5, 5.41) is 2.27. The number of benzene rings is 2. The van der Waals surface area contributed by atoms with Crippen LogP contribution in [0.4, 0.5) is 4.39 Å². The van der Waals surface area contributed by atoms with Crippen LogP contribution < -0.4 is 0 Å². The van der Waals surface area contributed by atoms with E-state index in [1.54, 1.807) is 5.38 Å². The van der Waals surface area contributed by atoms with Gasteiger partial charge in [0.05, 0.1) is 0 Å². The van der Waals surface area contributed by atoms with Crippen molar-refractivity contribution in [2.45, 2.75) is 0 Å². The van der Waals surface area contributed by atoms with Gasteiger partial charge in [0.2, 0.25) is 0 Å². The van der Waals surface area contributed by atoms with Gasteiger partial charge in [-0.2, -0.15) is 0 Å². The van der Waals surface area contributed by atoms with Gasteiger partial charge < -0.3 is 0 Å². The molecule has 1 heterocycles. The number of thiophene rings is 1. The standard InChI is InChI=1S/C14H9FS/c15-13-9-16-14-7-6-11(8-12(13)14)10-4-2-1-3-5-10/h1-9H. The Morgan fingerprint density at radius 1 is 0.875 bits per heavy atom. The Morgan fingerprint density at radius 2 is 1.69 bits per heavy atom. The van der Waals surface area contributed by atoms with E-state index in [1.165, 1.54) is 11.3 Å². The summed E-state index contributed by atoms with van der Waals surface area (Å²) in [5.74, 6) is -0.127. The number of fused-ring (bicyclic) bond motifs is 1. The van der Waals surface area contributed by atoms with Gasteiger partial charge in [-0.1, -0.05) is 36.4 Å². The fraction of sp³-hybridized carbons (Fsp3) is 0. The molecule has 0 bridgehead atoms. The third kappa shape index (κ3) is 1.51. The lowest BCUT2D eigenvalue weighted by atomic mass is 10.0. The lowest BCUT2D eigenvalue weighted by molar-refractivity contribution is 0.644. The average molecular weight is 228 g/mol. The maximum atomic E-state index is 13.5. The van der Waals surface area contributed by atoms with Crippen molar-refractivity contribution in [3.8, 4) is 11.1 Å². The lowest BCUT2D eigenvalue weighted by Crippen LogP contribution is -1.77. The molecule has 0 radical (unpaired) electrons. The Kier molecular flexibility index (Phi) is 2.22. The molecule has 16 heavy (non-hydrogen) atoms. The van der Waals surface area contributed by atoms with E-state index in [-0.39, 0.29) is 5.82 Å². The van der Waals surface area contributed by atoms with Crippen LogP contribution in [-0.4, -0.2) is 0 Å². The van der Waals surface area contributed by atoms with E-state index in [9.17, 15) is 4.39 Å². The van der Waals surface area contributed by atoms with E-state index < -0.39 is 0 Å². The van der Waals surface area contributed by atoms with Crippen molar-refractivity contribution in [2.75, 3.05) is 0 Å². The molecule has 0 atom stereocenters. The maximum Gasteiger partial charge on any atom is 0.141 e. The molecule has 0 saturated carbocycles. The summed E-state index contributed by atoms with van der Waals surface area (Å²) in [6.45, 7) is 0. The van der Waals surface area contributed by atoms with Crippen molar-refractivity contribution in [2.24, 2.45) is 0 Å². The fourth-order valence-electron chi connectivity index (χ4n) is 1.81. The molecule has 78 valence electrons. The molecule has 2 aromatic carbocycles. The normalized spacial score (nSPS) is 10.8. The van der Waals surface area contributed by atoms with Crippen LogP contribution in [0.25, 0.3) is 21.2 Å². The van der Waals surface area contributed by atoms with Gasteiger partial charge in [0.1, 0.15) is 5.82 Å². The molecule has 0 aliphatic heterocycles. The highest BCUT2D eigenvalue weighted by Crippen LogP contribution is 2.29. The van der Waals surface area contributed by atoms with E-state index in [2.05, 4.69) is 0 Å². The lowest BCUT2D eigenvalue weighted by Gasteiger charge is -2.01. The van der Waals surface area contributed by atoms with Crippen LogP contribution in [-0.2, 0) is 0 Å². The first-order valence-electron chi connectivity index (χ1n) is 5.07. The minimum absolute atomic E-state index is 0.127. The predicted octanol–water partition coefficient (Wildman–Crippen LogP) is 4.71. The third-order valence-corrected chi connectivity index (χ3v) is 3.57. The van der Waals surface area contributed by atoms with Crippen LogP contribution in [0.3, 0.4) is 0 Å². The first kappa shape index (κ1) is 9.55. The van der Waals surface area contributed by atoms with Crippen LogP contribution in [0.1, 0.15) is 0 Å². The highest BCUT2D eigenvalue weighted by Gasteiger charge is 2.04. The van der Waals surface area contributed by atoms with Crippen molar-refractivity contribution in [1.29, 1.82) is 0 Å². The maximum absolute atomic E-state index is 13.5. The first-order chi connectivity index (χ1) is 7.84. The summed E-state index contributed by atoms with van der Waals surface area (Å²) in [7, 11) is 0. The molecule has 0 fully saturated rings. The van der Waals surface area contributed by atoms with Gasteiger partial charge in [0.25, 0.3) is 0 Å². The zero-order valence-electron chi connectivity index (χ0n) is 8.48. The Labute approximate surface area is 97.0 Å². The smallest absolute Gasteiger partial charge is 0.141 e. The van der Waals surface area contributed by atoms with Crippen LogP contribution >= 0.6 is 11.3 Å². The Hall–Kier alpha value is -1.67. The van der Waals surface area contributed by atoms with Gasteiger partial charge in [0.15, 0.2) is 0 Å². The number of halogens is 1. The zero-order valence-corrected chi connectivity index (χ0v) is 9.30. The predicted molar refractivity (Wildman–Crippen MR) is 67.2 cm³/mol. The molecule has 0 N–H and O–H groups in total. The number of rotatable bonds is 1. The van der Waals surface area contributed by atoms with Gasteiger partial charge in [-0.05, 0) is 23.3 Å². The zero-order chi connectivity index (χ0) is 11.0. The molecule has 0 amide bonds. The van der Waals surface area contributed by atoms with E-state index in [1.807, 2.05) is 48.5 Å². The SMILES string of the molecule is Fc1csc2ccc(-c3ccccc3)cc12. The molecule has 0 aliphatic rings. The molecular weight excluding hydrogens is 219 g/mol. The second-order valence-electron chi connectivity index (χ2n) is 3.66. The van der Waals surface area contributed by atoms with Gasteiger partial charge in [0, 0.05) is 15.5 Å². The van der Waals surface area contributed by atoms with Crippen molar-refractivity contribution in [3.05, 3.63) is 59.7 Å². The first-order valence-corrected chi connectivity index (χ1v) is 5.95. The number of hydrogen-bond acceptors (Lipinski definition) is 1. The number of hydrogen-bond donors (Lipinski definition) is 0. The molecule has 3 aromatic rings. The van der Waals surface area contributed by atoms with E-state index in [4.69, 9.17) is 0 Å². The molecule has 1 aromatic heterocycles. The molecule has 0 unspecified atom stereocenters. The minimum Gasteiger partial charge on any atom is -0.205 e. The quantitative estimate of drug-likeness (QED) is 0.566. The molecule has 3 rings (SSSR count). The largest absolute Gasteiger partial charge is 0.205 e. The topological polar surface area (TPSA) is 0 Å². The van der Waals surface area contributed by atoms with E-state index in [0.717, 1.165) is 15.8 Å². The van der Waals surface area contributed by atoms with Crippen molar-refractivity contribution < 1.29 is 4.39 Å². The summed E-state index contributed by atoms with van der Waals surface area (Å²) in [6.07, 6.45) is 0. The summed E-state index contributed by atoms with van der Waals surface area (Å²) >= 11 is 1.44. The second-order valence-corrected chi connectivity index (χ2v) is 4.57. The Morgan fingerprint density at radius 3 is 2.50 bits per heavy atom. The van der Waals surface area contributed by atoms with E-state index >= 15 is 0 Å². The van der Waals surface area contributed by atoms with Crippen molar-refractivity contribution >= 4 is 21.4 Å². The van der Waals surface area contributed by atoms with Crippen molar-refractivity contribution in [1.82, 2.24) is 0 Å². The summed E-state index contributed by atoms with van der Waals surface area (Å²) < 4.78 is 14.4. The van der Waals surface area contributed by atoms with Crippen LogP contribution in [0, 0.1) is 5.82 Å². The molecule has 0 aliphatic carbocycles. The monoisotopic (exact) mass is 228 g/mol. The van der Waals surface area contributed by atoms with Gasteiger partial charge in [-0.25, -0.2) is 4.39 Å². The second kappa shape index (κ2) is 3.72. The van der Waals surface area contributed by atoms with Gasteiger partial charge in [-0.15, -0.1) is 11.3 Å².